The second kappa shape index (κ2) is 14.0. The van der Waals surface area contributed by atoms with E-state index in [1.165, 1.54) is 55.0 Å². The van der Waals surface area contributed by atoms with E-state index in [-0.39, 0.29) is 5.96 Å². The number of benzene rings is 6. The molecular weight excluding hydrogens is 705 g/mol. The van der Waals surface area contributed by atoms with E-state index in [9.17, 15) is 5.41 Å². The number of hydrogen-bond donors (Lipinski definition) is 1. The van der Waals surface area contributed by atoms with Gasteiger partial charge in [-0.15, -0.1) is 0 Å². The molecule has 8 aromatic rings. The average molecular weight is 745 g/mol. The van der Waals surface area contributed by atoms with Gasteiger partial charge in [-0.05, 0) is 107 Å². The summed E-state index contributed by atoms with van der Waals surface area (Å²) in [6.45, 7) is 0. The molecule has 276 valence electrons. The van der Waals surface area contributed by atoms with Crippen molar-refractivity contribution in [3.05, 3.63) is 204 Å². The fourth-order valence-corrected chi connectivity index (χ4v) is 9.30. The lowest BCUT2D eigenvalue weighted by molar-refractivity contribution is 0.885. The van der Waals surface area contributed by atoms with E-state index in [1.807, 2.05) is 47.1 Å². The van der Waals surface area contributed by atoms with Crippen LogP contribution in [-0.2, 0) is 0 Å². The Bertz CT molecular complexity index is 3280. The van der Waals surface area contributed by atoms with Crippen molar-refractivity contribution in [2.75, 3.05) is 0 Å². The molecule has 0 bridgehead atoms. The lowest BCUT2D eigenvalue weighted by Crippen LogP contribution is -2.12. The van der Waals surface area contributed by atoms with Crippen molar-refractivity contribution in [2.24, 2.45) is 4.99 Å². The highest BCUT2D eigenvalue weighted by molar-refractivity contribution is 6.25. The number of fused-ring (bicyclic) bond motifs is 8. The zero-order valence-corrected chi connectivity index (χ0v) is 32.1. The molecule has 3 aliphatic rings. The van der Waals surface area contributed by atoms with Crippen molar-refractivity contribution >= 4 is 77.8 Å². The molecule has 2 aromatic heterocycles. The second-order valence-electron chi connectivity index (χ2n) is 15.4. The van der Waals surface area contributed by atoms with Gasteiger partial charge in [0.15, 0.2) is 0 Å². The summed E-state index contributed by atoms with van der Waals surface area (Å²) in [4.78, 5) is 5.01. The number of para-hydroxylation sites is 2. The fraction of sp³-hybridized carbons (Fsp3) is 0.0741. The van der Waals surface area contributed by atoms with Crippen LogP contribution >= 0.6 is 0 Å². The standard InChI is InChI=1S/C54H40N4/c55-54(56-48-24-12-7-19-40(48)33-36-15-3-1-4-16-36)58-49-25-13-10-21-43(49)44-32-29-39(34-51(44)58)47-35-52-53(45-22-9-8-20-42(45)47)46-23-11-14-26-50(46)57(52)41-30-27-38(28-31-41)37-17-5-2-6-18-37/h1-5,7-17,19-27,29-30,32-35,55H,6,18,28,31H2/b40-33+,55-54?,56-48?. The maximum absolute atomic E-state index is 9.58. The minimum atomic E-state index is 0.175. The maximum atomic E-state index is 9.58. The molecule has 0 spiro atoms. The summed E-state index contributed by atoms with van der Waals surface area (Å²) in [5.41, 5.74) is 13.7. The monoisotopic (exact) mass is 744 g/mol. The fourth-order valence-electron chi connectivity index (χ4n) is 9.30. The van der Waals surface area contributed by atoms with Gasteiger partial charge in [-0.3, -0.25) is 9.98 Å². The van der Waals surface area contributed by atoms with Gasteiger partial charge in [0.05, 0.1) is 27.8 Å². The van der Waals surface area contributed by atoms with Crippen LogP contribution in [0.1, 0.15) is 31.2 Å². The quantitative estimate of drug-likeness (QED) is 0.138. The Morgan fingerprint density at radius 3 is 2.10 bits per heavy atom. The van der Waals surface area contributed by atoms with Gasteiger partial charge in [-0.25, -0.2) is 4.99 Å². The van der Waals surface area contributed by atoms with Crippen LogP contribution in [0.4, 0.5) is 0 Å². The first-order valence-electron chi connectivity index (χ1n) is 20.2. The molecule has 0 atom stereocenters. The molecular formula is C54H40N4. The zero-order valence-electron chi connectivity index (χ0n) is 32.1. The molecule has 0 radical (unpaired) electrons. The van der Waals surface area contributed by atoms with Crippen LogP contribution in [0.3, 0.4) is 0 Å². The van der Waals surface area contributed by atoms with Gasteiger partial charge in [-0.2, -0.15) is 0 Å². The molecule has 0 aliphatic heterocycles. The SMILES string of the molecule is N=C(N=C1C=CC=C/C1=C\c1ccccc1)n1c2ccccc2c2ccc(-c3cc4c(c5ccccc35)c3ccccc3n4C3=CC=C(C4=CC=CCC4)CC3)cc21. The number of nitrogens with zero attached hydrogens (tertiary/aromatic N) is 3. The van der Waals surface area contributed by atoms with Crippen LogP contribution in [0.5, 0.6) is 0 Å². The molecule has 6 aromatic carbocycles. The number of nitrogens with one attached hydrogen (secondary N) is 1. The molecule has 4 nitrogen and oxygen atoms in total. The highest BCUT2D eigenvalue weighted by atomic mass is 15.1. The van der Waals surface area contributed by atoms with Gasteiger partial charge in [0.2, 0.25) is 5.96 Å². The highest BCUT2D eigenvalue weighted by Crippen LogP contribution is 2.44. The van der Waals surface area contributed by atoms with Crippen LogP contribution < -0.4 is 0 Å². The third-order valence-corrected chi connectivity index (χ3v) is 12.0. The molecule has 0 saturated heterocycles. The van der Waals surface area contributed by atoms with Crippen LogP contribution in [0.2, 0.25) is 0 Å². The van der Waals surface area contributed by atoms with Gasteiger partial charge in [-0.1, -0.05) is 146 Å². The first-order chi connectivity index (χ1) is 28.7. The summed E-state index contributed by atoms with van der Waals surface area (Å²) >= 11 is 0. The molecule has 0 fully saturated rings. The molecule has 58 heavy (non-hydrogen) atoms. The molecule has 11 rings (SSSR count). The molecule has 4 heteroatoms. The Labute approximate surface area is 337 Å². The average Bonchev–Trinajstić information content (AvgIpc) is 3.80. The predicted molar refractivity (Wildman–Crippen MR) is 247 cm³/mol. The Morgan fingerprint density at radius 2 is 1.29 bits per heavy atom. The zero-order chi connectivity index (χ0) is 38.6. The maximum Gasteiger partial charge on any atom is 0.227 e. The van der Waals surface area contributed by atoms with Crippen molar-refractivity contribution in [1.82, 2.24) is 9.13 Å². The minimum absolute atomic E-state index is 0.175. The number of allylic oxidation sites excluding steroid dienone is 13. The van der Waals surface area contributed by atoms with Gasteiger partial charge in [0.25, 0.3) is 0 Å². The Kier molecular flexibility index (Phi) is 8.21. The lowest BCUT2D eigenvalue weighted by atomic mass is 9.90. The second-order valence-corrected chi connectivity index (χ2v) is 15.4. The van der Waals surface area contributed by atoms with Gasteiger partial charge in [0.1, 0.15) is 0 Å². The van der Waals surface area contributed by atoms with Crippen LogP contribution in [0, 0.1) is 5.41 Å². The Morgan fingerprint density at radius 1 is 0.569 bits per heavy atom. The largest absolute Gasteiger partial charge is 0.313 e. The predicted octanol–water partition coefficient (Wildman–Crippen LogP) is 14.0. The lowest BCUT2D eigenvalue weighted by Gasteiger charge is -2.20. The summed E-state index contributed by atoms with van der Waals surface area (Å²) in [5, 5.41) is 16.8. The third kappa shape index (κ3) is 5.68. The van der Waals surface area contributed by atoms with Gasteiger partial charge >= 0.3 is 0 Å². The van der Waals surface area contributed by atoms with E-state index >= 15 is 0 Å². The molecule has 0 amide bonds. The van der Waals surface area contributed by atoms with Crippen LogP contribution in [-0.4, -0.2) is 20.8 Å². The summed E-state index contributed by atoms with van der Waals surface area (Å²) in [6.07, 6.45) is 25.9. The van der Waals surface area contributed by atoms with E-state index in [4.69, 9.17) is 4.99 Å². The molecule has 1 N–H and O–H groups in total. The summed E-state index contributed by atoms with van der Waals surface area (Å²) in [7, 11) is 0. The highest BCUT2D eigenvalue weighted by Gasteiger charge is 2.22. The number of aliphatic imine (C=N–C) groups is 1. The van der Waals surface area contributed by atoms with E-state index in [0.717, 1.165) is 69.9 Å². The first-order valence-corrected chi connectivity index (χ1v) is 20.2. The molecule has 0 saturated carbocycles. The van der Waals surface area contributed by atoms with Crippen LogP contribution in [0.15, 0.2) is 204 Å². The normalized spacial score (nSPS) is 16.9. The smallest absolute Gasteiger partial charge is 0.227 e. The van der Waals surface area contributed by atoms with Crippen molar-refractivity contribution in [3.63, 3.8) is 0 Å². The van der Waals surface area contributed by atoms with Gasteiger partial charge < -0.3 is 4.57 Å². The molecule has 2 heterocycles. The number of rotatable bonds is 4. The molecule has 3 aliphatic carbocycles. The summed E-state index contributed by atoms with van der Waals surface area (Å²) in [5.74, 6) is 0.175. The van der Waals surface area contributed by atoms with E-state index < -0.39 is 0 Å². The van der Waals surface area contributed by atoms with Crippen molar-refractivity contribution in [2.45, 2.75) is 25.7 Å². The van der Waals surface area contributed by atoms with E-state index in [2.05, 4.69) is 150 Å². The van der Waals surface area contributed by atoms with Crippen molar-refractivity contribution < 1.29 is 0 Å². The third-order valence-electron chi connectivity index (χ3n) is 12.0. The summed E-state index contributed by atoms with van der Waals surface area (Å²) < 4.78 is 4.52. The number of aromatic nitrogens is 2. The Hall–Kier alpha value is -7.30. The van der Waals surface area contributed by atoms with Crippen molar-refractivity contribution in [3.8, 4) is 11.1 Å². The topological polar surface area (TPSA) is 46.1 Å². The summed E-state index contributed by atoms with van der Waals surface area (Å²) in [6, 6.07) is 45.5. The van der Waals surface area contributed by atoms with E-state index in [0.29, 0.717) is 0 Å². The van der Waals surface area contributed by atoms with Crippen molar-refractivity contribution in [1.29, 1.82) is 5.41 Å². The Balaban J connectivity index is 1.10. The van der Waals surface area contributed by atoms with E-state index in [1.54, 1.807) is 0 Å². The first kappa shape index (κ1) is 34.0. The number of hydrogen-bond acceptors (Lipinski definition) is 1. The minimum Gasteiger partial charge on any atom is -0.313 e. The van der Waals surface area contributed by atoms with Gasteiger partial charge in [0, 0.05) is 32.8 Å². The molecule has 0 unspecified atom stereocenters. The van der Waals surface area contributed by atoms with Crippen LogP contribution in [0.25, 0.3) is 77.3 Å².